The summed E-state index contributed by atoms with van der Waals surface area (Å²) in [6, 6.07) is 2.22. The van der Waals surface area contributed by atoms with Crippen LogP contribution in [0.25, 0.3) is 5.69 Å². The third-order valence-electron chi connectivity index (χ3n) is 3.30. The van der Waals surface area contributed by atoms with Crippen molar-refractivity contribution in [2.24, 2.45) is 5.73 Å². The molecule has 12 nitrogen and oxygen atoms in total. The zero-order chi connectivity index (χ0) is 19.9. The van der Waals surface area contributed by atoms with Gasteiger partial charge in [-0.2, -0.15) is 16.8 Å². The molecular weight excluding hydrogens is 392 g/mol. The summed E-state index contributed by atoms with van der Waals surface area (Å²) in [7, 11) is -9.69. The van der Waals surface area contributed by atoms with Crippen LogP contribution in [-0.2, 0) is 20.2 Å². The molecule has 2 rings (SSSR count). The Morgan fingerprint density at radius 1 is 1.12 bits per heavy atom. The molecule has 1 aromatic carbocycles. The number of nitrogens with one attached hydrogen (secondary N) is 1. The normalized spacial score (nSPS) is 12.1. The van der Waals surface area contributed by atoms with E-state index in [0.29, 0.717) is 10.7 Å². The minimum atomic E-state index is -4.85. The molecule has 0 aliphatic rings. The second-order valence-electron chi connectivity index (χ2n) is 5.01. The largest absolute Gasteiger partial charge is 0.351 e. The second kappa shape index (κ2) is 6.56. The molecular formula is C12H14N4O8S2. The zero-order valence-corrected chi connectivity index (χ0v) is 14.8. The summed E-state index contributed by atoms with van der Waals surface area (Å²) in [6.07, 6.45) is 0. The summed E-state index contributed by atoms with van der Waals surface area (Å²) < 4.78 is 64.4. The summed E-state index contributed by atoms with van der Waals surface area (Å²) in [5.74, 6) is -0.0318. The summed E-state index contributed by atoms with van der Waals surface area (Å²) in [5.41, 5.74) is 4.06. The van der Waals surface area contributed by atoms with Crippen molar-refractivity contribution < 1.29 is 30.7 Å². The fourth-order valence-corrected chi connectivity index (χ4v) is 3.31. The zero-order valence-electron chi connectivity index (χ0n) is 13.1. The van der Waals surface area contributed by atoms with Crippen molar-refractivity contribution in [1.82, 2.24) is 9.78 Å². The average Bonchev–Trinajstić information content (AvgIpc) is 2.87. The van der Waals surface area contributed by atoms with Gasteiger partial charge in [-0.25, -0.2) is 9.48 Å². The highest BCUT2D eigenvalue weighted by Gasteiger charge is 2.21. The number of aromatic nitrogens is 2. The molecule has 2 aromatic rings. The van der Waals surface area contributed by atoms with Gasteiger partial charge >= 0.3 is 6.03 Å². The van der Waals surface area contributed by atoms with Crippen LogP contribution in [0.5, 0.6) is 0 Å². The highest BCUT2D eigenvalue weighted by Crippen LogP contribution is 2.21. The van der Waals surface area contributed by atoms with Gasteiger partial charge in [0.05, 0.1) is 15.5 Å². The number of hydrogen-bond acceptors (Lipinski definition) is 6. The number of carbonyl (C=O) groups excluding carboxylic acids is 1. The quantitative estimate of drug-likeness (QED) is 0.480. The first kappa shape index (κ1) is 19.6. The van der Waals surface area contributed by atoms with Crippen LogP contribution < -0.4 is 16.2 Å². The minimum Gasteiger partial charge on any atom is -0.351 e. The summed E-state index contributed by atoms with van der Waals surface area (Å²) >= 11 is 0. The van der Waals surface area contributed by atoms with Crippen LogP contribution >= 0.6 is 0 Å². The van der Waals surface area contributed by atoms with Crippen molar-refractivity contribution >= 4 is 32.1 Å². The minimum absolute atomic E-state index is 0.0318. The lowest BCUT2D eigenvalue weighted by Crippen LogP contribution is -2.35. The molecule has 0 unspecified atom stereocenters. The van der Waals surface area contributed by atoms with Crippen molar-refractivity contribution in [1.29, 1.82) is 0 Å². The van der Waals surface area contributed by atoms with E-state index in [-0.39, 0.29) is 18.1 Å². The van der Waals surface area contributed by atoms with E-state index >= 15 is 0 Å². The molecule has 0 atom stereocenters. The number of benzene rings is 1. The van der Waals surface area contributed by atoms with Crippen LogP contribution in [0.15, 0.2) is 38.9 Å². The fourth-order valence-electron chi connectivity index (χ4n) is 2.14. The molecule has 0 spiro atoms. The number of hydrogen-bond donors (Lipinski definition) is 4. The number of amides is 2. The third-order valence-corrected chi connectivity index (χ3v) is 4.96. The van der Waals surface area contributed by atoms with Crippen molar-refractivity contribution in [3.8, 4) is 5.69 Å². The molecule has 14 heteroatoms. The number of H-pyrrole nitrogens is 1. The van der Waals surface area contributed by atoms with Crippen molar-refractivity contribution in [3.05, 3.63) is 34.6 Å². The standard InChI is InChI=1S/C12H14N4O8S2/c1-2-15(12(13)18)10-6-11(17)16(14-10)7-3-8(25(19,20)21)5-9(4-7)26(22,23)24/h3-6,14H,2H2,1H3,(H2,13,18)(H,19,20,21)(H,22,23,24). The van der Waals surface area contributed by atoms with E-state index < -0.39 is 41.6 Å². The van der Waals surface area contributed by atoms with Crippen LogP contribution in [0.3, 0.4) is 0 Å². The van der Waals surface area contributed by atoms with E-state index in [9.17, 15) is 26.4 Å². The van der Waals surface area contributed by atoms with Gasteiger partial charge in [-0.05, 0) is 25.1 Å². The van der Waals surface area contributed by atoms with Crippen molar-refractivity contribution in [2.75, 3.05) is 11.4 Å². The summed E-state index contributed by atoms with van der Waals surface area (Å²) in [6.45, 7) is 1.69. The smallest absolute Gasteiger partial charge is 0.320 e. The van der Waals surface area contributed by atoms with Gasteiger partial charge in [-0.3, -0.25) is 23.9 Å². The average molecular weight is 406 g/mol. The SMILES string of the molecule is CCN(C(N)=O)c1cc(=O)n(-c2cc(S(=O)(=O)O)cc(S(=O)(=O)O)c2)[nH]1. The van der Waals surface area contributed by atoms with Crippen LogP contribution in [0.1, 0.15) is 6.92 Å². The van der Waals surface area contributed by atoms with Gasteiger partial charge in [0.15, 0.2) is 0 Å². The molecule has 0 aliphatic heterocycles. The van der Waals surface area contributed by atoms with E-state index in [0.717, 1.165) is 23.1 Å². The predicted molar refractivity (Wildman–Crippen MR) is 88.6 cm³/mol. The number of rotatable bonds is 5. The monoisotopic (exact) mass is 406 g/mol. The summed E-state index contributed by atoms with van der Waals surface area (Å²) in [5, 5.41) is 2.46. The first-order chi connectivity index (χ1) is 11.8. The Kier molecular flexibility index (Phi) is 4.96. The van der Waals surface area contributed by atoms with Crippen LogP contribution in [-0.4, -0.2) is 48.3 Å². The molecule has 1 aromatic heterocycles. The number of primary amides is 1. The molecule has 0 saturated heterocycles. The number of urea groups is 1. The molecule has 0 saturated carbocycles. The maximum Gasteiger partial charge on any atom is 0.320 e. The van der Waals surface area contributed by atoms with Crippen LogP contribution in [0.2, 0.25) is 0 Å². The van der Waals surface area contributed by atoms with Gasteiger partial charge in [0.1, 0.15) is 5.82 Å². The van der Waals surface area contributed by atoms with Gasteiger partial charge in [0.25, 0.3) is 25.8 Å². The Balaban J connectivity index is 2.75. The number of nitrogens with zero attached hydrogens (tertiary/aromatic N) is 2. The molecule has 26 heavy (non-hydrogen) atoms. The van der Waals surface area contributed by atoms with Gasteiger partial charge < -0.3 is 5.73 Å². The lowest BCUT2D eigenvalue weighted by Gasteiger charge is -2.15. The van der Waals surface area contributed by atoms with E-state index in [4.69, 9.17) is 14.8 Å². The van der Waals surface area contributed by atoms with E-state index in [1.165, 1.54) is 0 Å². The third kappa shape index (κ3) is 3.93. The molecule has 142 valence electrons. The number of nitrogens with two attached hydrogens (primary N) is 1. The van der Waals surface area contributed by atoms with E-state index in [1.807, 2.05) is 0 Å². The first-order valence-corrected chi connectivity index (χ1v) is 9.72. The Hall–Kier alpha value is -2.68. The lowest BCUT2D eigenvalue weighted by atomic mass is 10.3. The number of anilines is 1. The fraction of sp³-hybridized carbons (Fsp3) is 0.167. The Morgan fingerprint density at radius 2 is 1.62 bits per heavy atom. The maximum absolute atomic E-state index is 12.1. The molecule has 0 radical (unpaired) electrons. The Bertz CT molecular complexity index is 1080. The van der Waals surface area contributed by atoms with Crippen molar-refractivity contribution in [2.45, 2.75) is 16.7 Å². The van der Waals surface area contributed by atoms with Gasteiger partial charge in [-0.15, -0.1) is 0 Å². The molecule has 5 N–H and O–H groups in total. The number of aromatic amines is 1. The maximum atomic E-state index is 12.1. The highest BCUT2D eigenvalue weighted by atomic mass is 32.2. The highest BCUT2D eigenvalue weighted by molar-refractivity contribution is 7.86. The van der Waals surface area contributed by atoms with Gasteiger partial charge in [0.2, 0.25) is 0 Å². The second-order valence-corrected chi connectivity index (χ2v) is 7.85. The molecule has 0 fully saturated rings. The Labute approximate surface area is 147 Å². The molecule has 0 aliphatic carbocycles. The molecule has 2 amide bonds. The lowest BCUT2D eigenvalue weighted by molar-refractivity contribution is 0.254. The van der Waals surface area contributed by atoms with Crippen molar-refractivity contribution in [3.63, 3.8) is 0 Å². The summed E-state index contributed by atoms with van der Waals surface area (Å²) in [4.78, 5) is 22.7. The van der Waals surface area contributed by atoms with E-state index in [2.05, 4.69) is 5.10 Å². The van der Waals surface area contributed by atoms with Gasteiger partial charge in [0, 0.05) is 12.6 Å². The molecule has 1 heterocycles. The van der Waals surface area contributed by atoms with Gasteiger partial charge in [-0.1, -0.05) is 0 Å². The Morgan fingerprint density at radius 3 is 2.00 bits per heavy atom. The number of carbonyl (C=O) groups is 1. The van der Waals surface area contributed by atoms with Crippen LogP contribution in [0, 0.1) is 0 Å². The first-order valence-electron chi connectivity index (χ1n) is 6.84. The topological polar surface area (TPSA) is 193 Å². The predicted octanol–water partition coefficient (Wildman–Crippen LogP) is -0.436. The molecule has 0 bridgehead atoms. The van der Waals surface area contributed by atoms with Crippen LogP contribution in [0.4, 0.5) is 10.6 Å². The van der Waals surface area contributed by atoms with E-state index in [1.54, 1.807) is 6.92 Å².